The third-order valence-electron chi connectivity index (χ3n) is 2.65. The number of rotatable bonds is 4. The molecule has 2 rings (SSSR count). The lowest BCUT2D eigenvalue weighted by atomic mass is 10.3. The van der Waals surface area contributed by atoms with E-state index < -0.39 is 0 Å². The molecule has 6 heteroatoms. The Balaban J connectivity index is 2.15. The monoisotopic (exact) mass is 263 g/mol. The first-order valence-electron chi connectivity index (χ1n) is 5.88. The lowest BCUT2D eigenvalue weighted by Crippen LogP contribution is -2.08. The van der Waals surface area contributed by atoms with Gasteiger partial charge in [0.1, 0.15) is 17.5 Å². The third kappa shape index (κ3) is 2.76. The van der Waals surface area contributed by atoms with Crippen molar-refractivity contribution in [2.24, 2.45) is 0 Å². The summed E-state index contributed by atoms with van der Waals surface area (Å²) in [6, 6.07) is 0. The summed E-state index contributed by atoms with van der Waals surface area (Å²) in [5.74, 6) is 2.12. The predicted octanol–water partition coefficient (Wildman–Crippen LogP) is 2.31. The summed E-state index contributed by atoms with van der Waals surface area (Å²) in [4.78, 5) is 14.1. The van der Waals surface area contributed by atoms with Gasteiger partial charge in [0.25, 0.3) is 0 Å². The zero-order valence-corrected chi connectivity index (χ0v) is 11.6. The van der Waals surface area contributed by atoms with E-state index in [-0.39, 0.29) is 0 Å². The second kappa shape index (κ2) is 5.30. The zero-order valence-electron chi connectivity index (χ0n) is 10.8. The number of nitrogens with zero attached hydrogens (tertiary/aromatic N) is 3. The Morgan fingerprint density at radius 2 is 2.11 bits per heavy atom. The van der Waals surface area contributed by atoms with Crippen LogP contribution in [-0.2, 0) is 13.0 Å². The summed E-state index contributed by atoms with van der Waals surface area (Å²) >= 11 is 1.68. The fourth-order valence-corrected chi connectivity index (χ4v) is 2.30. The van der Waals surface area contributed by atoms with Crippen LogP contribution in [0.5, 0.6) is 0 Å². The van der Waals surface area contributed by atoms with Gasteiger partial charge in [-0.3, -0.25) is 0 Å². The summed E-state index contributed by atoms with van der Waals surface area (Å²) in [6.07, 6.45) is 2.66. The largest absolute Gasteiger partial charge is 0.383 e. The lowest BCUT2D eigenvalue weighted by molar-refractivity contribution is 0.929. The molecule has 5 nitrogen and oxygen atoms in total. The molecule has 0 aliphatic rings. The Morgan fingerprint density at radius 1 is 1.33 bits per heavy atom. The van der Waals surface area contributed by atoms with E-state index in [2.05, 4.69) is 20.3 Å². The lowest BCUT2D eigenvalue weighted by Gasteiger charge is -2.10. The van der Waals surface area contributed by atoms with Gasteiger partial charge in [-0.05, 0) is 13.8 Å². The van der Waals surface area contributed by atoms with E-state index in [4.69, 9.17) is 5.73 Å². The van der Waals surface area contributed by atoms with Gasteiger partial charge in [-0.25, -0.2) is 15.0 Å². The third-order valence-corrected chi connectivity index (χ3v) is 3.56. The average molecular weight is 263 g/mol. The number of anilines is 2. The van der Waals surface area contributed by atoms with Crippen LogP contribution in [0.4, 0.5) is 11.6 Å². The van der Waals surface area contributed by atoms with Gasteiger partial charge in [-0.15, -0.1) is 11.3 Å². The van der Waals surface area contributed by atoms with E-state index in [9.17, 15) is 0 Å². The van der Waals surface area contributed by atoms with Crippen molar-refractivity contribution >= 4 is 23.0 Å². The molecule has 0 bridgehead atoms. The Bertz CT molecular complexity index is 549. The number of thiazole rings is 1. The Morgan fingerprint density at radius 3 is 2.72 bits per heavy atom. The van der Waals surface area contributed by atoms with Crippen molar-refractivity contribution in [3.63, 3.8) is 0 Å². The number of nitrogen functional groups attached to an aromatic ring is 1. The van der Waals surface area contributed by atoms with E-state index in [1.807, 2.05) is 27.0 Å². The number of nitrogens with two attached hydrogens (primary N) is 1. The van der Waals surface area contributed by atoms with Gasteiger partial charge in [0.2, 0.25) is 0 Å². The van der Waals surface area contributed by atoms with Crippen LogP contribution in [-0.4, -0.2) is 15.0 Å². The fraction of sp³-hybridized carbons (Fsp3) is 0.417. The predicted molar refractivity (Wildman–Crippen MR) is 74.7 cm³/mol. The molecule has 0 spiro atoms. The molecule has 3 N–H and O–H groups in total. The molecule has 0 amide bonds. The van der Waals surface area contributed by atoms with E-state index in [0.717, 1.165) is 28.6 Å². The van der Waals surface area contributed by atoms with E-state index in [0.29, 0.717) is 12.4 Å². The molecule has 96 valence electrons. The molecular formula is C12H17N5S. The molecule has 0 radical (unpaired) electrons. The van der Waals surface area contributed by atoms with Crippen LogP contribution in [0.15, 0.2) is 6.20 Å². The summed E-state index contributed by atoms with van der Waals surface area (Å²) in [6.45, 7) is 6.65. The maximum Gasteiger partial charge on any atom is 0.135 e. The zero-order chi connectivity index (χ0) is 13.1. The van der Waals surface area contributed by atoms with Crippen LogP contribution in [0.3, 0.4) is 0 Å². The molecule has 2 aromatic heterocycles. The van der Waals surface area contributed by atoms with Gasteiger partial charge in [-0.1, -0.05) is 6.92 Å². The standard InChI is InChI=1S/C12H17N5S/c1-4-10-16-11(13)7(2)12(17-10)15-6-9-5-14-8(3)18-9/h5H,4,6H2,1-3H3,(H3,13,15,16,17). The van der Waals surface area contributed by atoms with E-state index >= 15 is 0 Å². The smallest absolute Gasteiger partial charge is 0.135 e. The minimum absolute atomic E-state index is 0.546. The normalized spacial score (nSPS) is 10.6. The molecule has 18 heavy (non-hydrogen) atoms. The molecule has 0 atom stereocenters. The molecule has 0 aromatic carbocycles. The van der Waals surface area contributed by atoms with Crippen LogP contribution >= 0.6 is 11.3 Å². The first-order chi connectivity index (χ1) is 8.60. The van der Waals surface area contributed by atoms with Crippen LogP contribution in [0.25, 0.3) is 0 Å². The maximum atomic E-state index is 5.87. The van der Waals surface area contributed by atoms with Gasteiger partial charge in [0, 0.05) is 23.1 Å². The molecule has 2 heterocycles. The summed E-state index contributed by atoms with van der Waals surface area (Å²) < 4.78 is 0. The van der Waals surface area contributed by atoms with Gasteiger partial charge >= 0.3 is 0 Å². The van der Waals surface area contributed by atoms with E-state index in [1.165, 1.54) is 4.88 Å². The van der Waals surface area contributed by atoms with Gasteiger partial charge in [0.15, 0.2) is 0 Å². The first kappa shape index (κ1) is 12.8. The van der Waals surface area contributed by atoms with Gasteiger partial charge < -0.3 is 11.1 Å². The number of aryl methyl sites for hydroxylation is 2. The van der Waals surface area contributed by atoms with Crippen LogP contribution in [0.2, 0.25) is 0 Å². The van der Waals surface area contributed by atoms with Crippen molar-refractivity contribution < 1.29 is 0 Å². The number of hydrogen-bond acceptors (Lipinski definition) is 6. The van der Waals surface area contributed by atoms with Crippen molar-refractivity contribution in [1.82, 2.24) is 15.0 Å². The van der Waals surface area contributed by atoms with Crippen molar-refractivity contribution in [3.8, 4) is 0 Å². The Hall–Kier alpha value is -1.69. The molecule has 2 aromatic rings. The van der Waals surface area contributed by atoms with Crippen molar-refractivity contribution in [3.05, 3.63) is 27.5 Å². The summed E-state index contributed by atoms with van der Waals surface area (Å²) in [5, 5.41) is 4.37. The fourth-order valence-electron chi connectivity index (χ4n) is 1.57. The van der Waals surface area contributed by atoms with Gasteiger partial charge in [-0.2, -0.15) is 0 Å². The first-order valence-corrected chi connectivity index (χ1v) is 6.70. The van der Waals surface area contributed by atoms with Gasteiger partial charge in [0.05, 0.1) is 11.6 Å². The van der Waals surface area contributed by atoms with Crippen molar-refractivity contribution in [1.29, 1.82) is 0 Å². The quantitative estimate of drug-likeness (QED) is 0.885. The van der Waals surface area contributed by atoms with E-state index in [1.54, 1.807) is 11.3 Å². The highest BCUT2D eigenvalue weighted by atomic mass is 32.1. The minimum atomic E-state index is 0.546. The van der Waals surface area contributed by atoms with Crippen LogP contribution in [0, 0.1) is 13.8 Å². The molecule has 0 saturated heterocycles. The van der Waals surface area contributed by atoms with Crippen LogP contribution in [0.1, 0.15) is 28.2 Å². The topological polar surface area (TPSA) is 76.7 Å². The molecule has 0 saturated carbocycles. The molecule has 0 unspecified atom stereocenters. The Labute approximate surface area is 111 Å². The molecule has 0 aliphatic heterocycles. The number of nitrogens with one attached hydrogen (secondary N) is 1. The second-order valence-corrected chi connectivity index (χ2v) is 5.37. The second-order valence-electron chi connectivity index (χ2n) is 4.05. The number of hydrogen-bond donors (Lipinski definition) is 2. The Kier molecular flexibility index (Phi) is 3.76. The molecule has 0 aliphatic carbocycles. The number of aromatic nitrogens is 3. The maximum absolute atomic E-state index is 5.87. The summed E-state index contributed by atoms with van der Waals surface area (Å²) in [5.41, 5.74) is 6.77. The van der Waals surface area contributed by atoms with Crippen molar-refractivity contribution in [2.75, 3.05) is 11.1 Å². The highest BCUT2D eigenvalue weighted by molar-refractivity contribution is 7.11. The average Bonchev–Trinajstić information content (AvgIpc) is 2.77. The SMILES string of the molecule is CCc1nc(N)c(C)c(NCc2cnc(C)s2)n1. The minimum Gasteiger partial charge on any atom is -0.383 e. The van der Waals surface area contributed by atoms with Crippen molar-refractivity contribution in [2.45, 2.75) is 33.7 Å². The molecule has 0 fully saturated rings. The highest BCUT2D eigenvalue weighted by Gasteiger charge is 2.08. The molecular weight excluding hydrogens is 246 g/mol. The van der Waals surface area contributed by atoms with Crippen LogP contribution < -0.4 is 11.1 Å². The summed E-state index contributed by atoms with van der Waals surface area (Å²) in [7, 11) is 0. The highest BCUT2D eigenvalue weighted by Crippen LogP contribution is 2.19.